The molecule has 0 saturated carbocycles. The third kappa shape index (κ3) is 6.36. The fourth-order valence-corrected chi connectivity index (χ4v) is 8.94. The van der Waals surface area contributed by atoms with Crippen molar-refractivity contribution in [3.05, 3.63) is 119 Å². The van der Waals surface area contributed by atoms with Gasteiger partial charge in [0.1, 0.15) is 35.5 Å². The second kappa shape index (κ2) is 14.9. The number of rotatable bonds is 6. The van der Waals surface area contributed by atoms with Crippen molar-refractivity contribution in [3.63, 3.8) is 0 Å². The summed E-state index contributed by atoms with van der Waals surface area (Å²) < 4.78 is 19.0. The number of esters is 1. The van der Waals surface area contributed by atoms with Crippen molar-refractivity contribution in [1.82, 2.24) is 9.80 Å². The monoisotopic (exact) mass is 783 g/mol. The van der Waals surface area contributed by atoms with Crippen molar-refractivity contribution < 1.29 is 38.5 Å². The first-order chi connectivity index (χ1) is 25.6. The molecule has 0 aromatic heterocycles. The van der Waals surface area contributed by atoms with E-state index in [0.29, 0.717) is 33.5 Å². The van der Waals surface area contributed by atoms with Crippen LogP contribution in [-0.4, -0.2) is 89.7 Å². The number of hydrogen-bond acceptors (Lipinski definition) is 8. The van der Waals surface area contributed by atoms with Crippen LogP contribution in [0.1, 0.15) is 43.0 Å². The Kier molecular flexibility index (Phi) is 10.3. The van der Waals surface area contributed by atoms with Gasteiger partial charge in [-0.2, -0.15) is 0 Å². The Morgan fingerprint density at radius 2 is 1.60 bits per heavy atom. The highest BCUT2D eigenvalue weighted by Crippen LogP contribution is 2.60. The lowest BCUT2D eigenvalue weighted by atomic mass is 9.74. The molecular formula is C41H42BrN3O8. The molecule has 0 radical (unpaired) electrons. The van der Waals surface area contributed by atoms with Crippen molar-refractivity contribution in [1.29, 1.82) is 0 Å². The zero-order chi connectivity index (χ0) is 37.4. The Hall–Kier alpha value is -4.78. The highest BCUT2D eigenvalue weighted by molar-refractivity contribution is 9.11. The van der Waals surface area contributed by atoms with Crippen LogP contribution in [0.3, 0.4) is 0 Å². The normalized spacial score (nSPS) is 30.2. The topological polar surface area (TPSA) is 126 Å². The number of halogens is 1. The summed E-state index contributed by atoms with van der Waals surface area (Å²) in [6.45, 7) is 1.45. The van der Waals surface area contributed by atoms with Crippen LogP contribution in [-0.2, 0) is 28.7 Å². The first-order valence-electron chi connectivity index (χ1n) is 17.8. The quantitative estimate of drug-likeness (QED) is 0.270. The van der Waals surface area contributed by atoms with E-state index in [0.717, 1.165) is 0 Å². The largest absolute Gasteiger partial charge is 0.497 e. The molecule has 2 fully saturated rings. The number of nitrogens with zero attached hydrogens (tertiary/aromatic N) is 3. The SMILES string of the molecule is COc1ccc(N2C/C=C\CCC(=O)N(C)[C@H](C)[C@@H](c3ccccc3)OC(=O)[C@@H]3[C@H]4O[C@@]5(C=C4Br)[C@H](C2=O)N([C@H](CO)c2ccccc2)C(=O)[C@@H]35)cc1. The smallest absolute Gasteiger partial charge is 0.313 e. The van der Waals surface area contributed by atoms with Gasteiger partial charge < -0.3 is 34.0 Å². The number of methoxy groups -OCH3 is 1. The summed E-state index contributed by atoms with van der Waals surface area (Å²) in [4.78, 5) is 63.1. The zero-order valence-electron chi connectivity index (χ0n) is 29.7. The molecule has 3 aromatic carbocycles. The molecule has 3 aromatic rings. The predicted octanol–water partition coefficient (Wildman–Crippen LogP) is 5.12. The molecule has 1 N–H and O–H groups in total. The molecule has 2 saturated heterocycles. The summed E-state index contributed by atoms with van der Waals surface area (Å²) in [6, 6.07) is 22.5. The number of carbonyl (C=O) groups is 4. The van der Waals surface area contributed by atoms with Gasteiger partial charge in [-0.15, -0.1) is 0 Å². The zero-order valence-corrected chi connectivity index (χ0v) is 31.3. The molecule has 4 aliphatic heterocycles. The van der Waals surface area contributed by atoms with E-state index in [1.807, 2.05) is 55.5 Å². The van der Waals surface area contributed by atoms with Crippen LogP contribution in [0, 0.1) is 11.8 Å². The second-order valence-corrected chi connectivity index (χ2v) is 14.8. The molecule has 53 heavy (non-hydrogen) atoms. The molecule has 4 aliphatic rings. The molecule has 0 aliphatic carbocycles. The summed E-state index contributed by atoms with van der Waals surface area (Å²) in [5.41, 5.74) is 0.268. The van der Waals surface area contributed by atoms with Gasteiger partial charge in [-0.1, -0.05) is 88.7 Å². The predicted molar refractivity (Wildman–Crippen MR) is 200 cm³/mol. The molecule has 12 heteroatoms. The fourth-order valence-electron chi connectivity index (χ4n) is 8.21. The highest BCUT2D eigenvalue weighted by Gasteiger charge is 2.75. The van der Waals surface area contributed by atoms with Crippen LogP contribution >= 0.6 is 15.9 Å². The summed E-state index contributed by atoms with van der Waals surface area (Å²) in [6.07, 6.45) is 4.25. The molecule has 11 nitrogen and oxygen atoms in total. The average molecular weight is 785 g/mol. The number of allylic oxidation sites excluding steroid dienone is 1. The first-order valence-corrected chi connectivity index (χ1v) is 18.6. The Labute approximate surface area is 316 Å². The molecule has 5 bridgehead atoms. The van der Waals surface area contributed by atoms with Crippen LogP contribution in [0.2, 0.25) is 0 Å². The van der Waals surface area contributed by atoms with Crippen molar-refractivity contribution >= 4 is 45.3 Å². The van der Waals surface area contributed by atoms with Crippen LogP contribution in [0.5, 0.6) is 5.75 Å². The van der Waals surface area contributed by atoms with E-state index in [1.54, 1.807) is 78.6 Å². The van der Waals surface area contributed by atoms with Gasteiger partial charge >= 0.3 is 5.97 Å². The van der Waals surface area contributed by atoms with E-state index in [2.05, 4.69) is 15.9 Å². The van der Waals surface area contributed by atoms with Crippen molar-refractivity contribution in [2.24, 2.45) is 11.8 Å². The lowest BCUT2D eigenvalue weighted by Gasteiger charge is -2.38. The Bertz CT molecular complexity index is 1920. The number of carbonyl (C=O) groups excluding carboxylic acids is 4. The lowest BCUT2D eigenvalue weighted by Crippen LogP contribution is -2.57. The lowest BCUT2D eigenvalue weighted by molar-refractivity contribution is -0.164. The van der Waals surface area contributed by atoms with E-state index in [4.69, 9.17) is 14.2 Å². The number of amides is 3. The van der Waals surface area contributed by atoms with Crippen LogP contribution < -0.4 is 9.64 Å². The number of ether oxygens (including phenoxy) is 3. The van der Waals surface area contributed by atoms with Gasteiger partial charge in [-0.3, -0.25) is 19.2 Å². The van der Waals surface area contributed by atoms with E-state index in [9.17, 15) is 14.7 Å². The minimum Gasteiger partial charge on any atom is -0.497 e. The highest BCUT2D eigenvalue weighted by atomic mass is 79.9. The summed E-state index contributed by atoms with van der Waals surface area (Å²) in [5.74, 6) is -3.49. The Morgan fingerprint density at radius 1 is 0.925 bits per heavy atom. The van der Waals surface area contributed by atoms with E-state index in [-0.39, 0.29) is 18.9 Å². The minimum atomic E-state index is -1.58. The van der Waals surface area contributed by atoms with Crippen LogP contribution in [0.4, 0.5) is 5.69 Å². The number of likely N-dealkylation sites (tertiary alicyclic amines) is 1. The van der Waals surface area contributed by atoms with Crippen LogP contribution in [0.15, 0.2) is 108 Å². The number of aliphatic hydroxyl groups excluding tert-OH is 1. The number of anilines is 1. The molecule has 7 rings (SSSR count). The molecule has 8 atom stereocenters. The third-order valence-electron chi connectivity index (χ3n) is 11.0. The van der Waals surface area contributed by atoms with Gasteiger partial charge in [0.25, 0.3) is 5.91 Å². The van der Waals surface area contributed by atoms with Crippen molar-refractivity contribution in [2.45, 2.75) is 55.7 Å². The van der Waals surface area contributed by atoms with Gasteiger partial charge in [-0.05, 0) is 54.8 Å². The van der Waals surface area contributed by atoms with Gasteiger partial charge in [0.2, 0.25) is 11.8 Å². The van der Waals surface area contributed by atoms with Gasteiger partial charge in [0.05, 0.1) is 31.7 Å². The van der Waals surface area contributed by atoms with Crippen molar-refractivity contribution in [2.75, 3.05) is 32.2 Å². The van der Waals surface area contributed by atoms with E-state index < -0.39 is 72.2 Å². The number of fused-ring (bicyclic) bond motifs is 2. The fraction of sp³-hybridized carbons (Fsp3) is 0.366. The van der Waals surface area contributed by atoms with Gasteiger partial charge in [0, 0.05) is 30.2 Å². The molecule has 276 valence electrons. The number of benzene rings is 3. The van der Waals surface area contributed by atoms with E-state index in [1.165, 1.54) is 4.90 Å². The minimum absolute atomic E-state index is 0.107. The van der Waals surface area contributed by atoms with Gasteiger partial charge in [0.15, 0.2) is 0 Å². The number of aliphatic hydroxyl groups is 1. The maximum Gasteiger partial charge on any atom is 0.313 e. The van der Waals surface area contributed by atoms with Crippen molar-refractivity contribution in [3.8, 4) is 5.75 Å². The molecule has 4 heterocycles. The third-order valence-corrected chi connectivity index (χ3v) is 11.7. The maximum absolute atomic E-state index is 15.3. The maximum atomic E-state index is 15.3. The molecule has 1 spiro atoms. The number of hydrogen-bond donors (Lipinski definition) is 1. The second-order valence-electron chi connectivity index (χ2n) is 13.9. The molecule has 0 unspecified atom stereocenters. The average Bonchev–Trinajstić information content (AvgIpc) is 3.78. The first kappa shape index (κ1) is 36.6. The Balaban J connectivity index is 1.40. The summed E-state index contributed by atoms with van der Waals surface area (Å²) in [5, 5.41) is 11.0. The molecular weight excluding hydrogens is 742 g/mol. The number of likely N-dealkylation sites (N-methyl/N-ethyl adjacent to an activating group) is 1. The van der Waals surface area contributed by atoms with E-state index >= 15 is 9.59 Å². The Morgan fingerprint density at radius 3 is 2.26 bits per heavy atom. The summed E-state index contributed by atoms with van der Waals surface area (Å²) in [7, 11) is 3.24. The summed E-state index contributed by atoms with van der Waals surface area (Å²) >= 11 is 3.63. The molecule has 3 amide bonds. The van der Waals surface area contributed by atoms with Crippen LogP contribution in [0.25, 0.3) is 0 Å². The standard InChI is InChI=1S/C41H42BrN3O8/c1-25-35(27-15-9-5-10-16-27)52-40(50)33-34-38(48)45(31(24-46)26-13-7-4-8-14-26)37(41(34)23-30(42)36(33)53-41)39(49)44(28-18-20-29(51-3)21-19-28)22-12-6-11-17-32(47)43(25)2/h4-10,12-16,18-21,23,25,31,33-37,46H,11,17,22,24H2,1-3H3/b12-6-/t25-,31-,33+,34-,35+,36+,37+,41-/m1/s1. The van der Waals surface area contributed by atoms with Gasteiger partial charge in [-0.25, -0.2) is 0 Å². The number of cyclic esters (lactones) is 1.